The Hall–Kier alpha value is -1.30. The summed E-state index contributed by atoms with van der Waals surface area (Å²) >= 11 is 0. The third kappa shape index (κ3) is 1.95. The van der Waals surface area contributed by atoms with E-state index in [2.05, 4.69) is 37.1 Å². The van der Waals surface area contributed by atoms with E-state index in [1.54, 1.807) is 0 Å². The summed E-state index contributed by atoms with van der Waals surface area (Å²) in [5.74, 6) is 4.15. The van der Waals surface area contributed by atoms with E-state index in [0.29, 0.717) is 17.5 Å². The van der Waals surface area contributed by atoms with Crippen LogP contribution in [-0.4, -0.2) is 10.4 Å². The summed E-state index contributed by atoms with van der Waals surface area (Å²) in [5.41, 5.74) is 0.553. The third-order valence-electron chi connectivity index (χ3n) is 2.76. The predicted molar refractivity (Wildman–Crippen MR) is 54.7 cm³/mol. The molecule has 1 heterocycles. The molecule has 1 aromatic heterocycles. The number of rotatable bonds is 4. The van der Waals surface area contributed by atoms with Gasteiger partial charge >= 0.3 is 0 Å². The van der Waals surface area contributed by atoms with Crippen LogP contribution in [-0.2, 0) is 0 Å². The summed E-state index contributed by atoms with van der Waals surface area (Å²) in [7, 11) is 0. The molecule has 0 aliphatic heterocycles. The van der Waals surface area contributed by atoms with Gasteiger partial charge in [-0.2, -0.15) is 0 Å². The molecule has 1 rings (SSSR count). The first-order chi connectivity index (χ1) is 6.74. The first kappa shape index (κ1) is 10.8. The maximum absolute atomic E-state index is 5.32. The van der Waals surface area contributed by atoms with E-state index in [0.717, 1.165) is 18.6 Å². The highest BCUT2D eigenvalue weighted by Crippen LogP contribution is 2.30. The normalized spacial score (nSPS) is 14.7. The molecule has 0 fully saturated rings. The molecule has 76 valence electrons. The second-order valence-corrected chi connectivity index (χ2v) is 3.53. The van der Waals surface area contributed by atoms with Crippen LogP contribution in [0.1, 0.15) is 51.0 Å². The quantitative estimate of drug-likeness (QED) is 0.688. The Kier molecular flexibility index (Phi) is 3.70. The van der Waals surface area contributed by atoms with Crippen molar-refractivity contribution in [1.82, 2.24) is 10.4 Å². The van der Waals surface area contributed by atoms with Crippen LogP contribution in [0.4, 0.5) is 0 Å². The first-order valence-electron chi connectivity index (χ1n) is 5.03. The number of terminal acetylenes is 1. The van der Waals surface area contributed by atoms with E-state index in [1.165, 1.54) is 0 Å². The van der Waals surface area contributed by atoms with Gasteiger partial charge in [-0.05, 0) is 18.3 Å². The molecule has 0 aliphatic rings. The van der Waals surface area contributed by atoms with Gasteiger partial charge in [-0.25, -0.2) is 0 Å². The summed E-state index contributed by atoms with van der Waals surface area (Å²) < 4.78 is 5.13. The molecular weight excluding hydrogens is 176 g/mol. The van der Waals surface area contributed by atoms with Gasteiger partial charge in [0.15, 0.2) is 11.5 Å². The standard InChI is InChI=1S/C11H16N2O/c1-5-8(4)9(6-2)11-10(7-3)12-13-14-11/h3,8-9H,5-6H2,1-2,4H3. The van der Waals surface area contributed by atoms with Crippen LogP contribution in [0.3, 0.4) is 0 Å². The second kappa shape index (κ2) is 4.80. The fourth-order valence-electron chi connectivity index (χ4n) is 1.67. The topological polar surface area (TPSA) is 38.9 Å². The van der Waals surface area contributed by atoms with Crippen LogP contribution >= 0.6 is 0 Å². The number of nitrogens with zero attached hydrogens (tertiary/aromatic N) is 2. The number of hydrogen-bond acceptors (Lipinski definition) is 3. The van der Waals surface area contributed by atoms with Crippen molar-refractivity contribution >= 4 is 0 Å². The fourth-order valence-corrected chi connectivity index (χ4v) is 1.67. The summed E-state index contributed by atoms with van der Waals surface area (Å²) in [6, 6.07) is 0. The molecule has 1 aromatic rings. The van der Waals surface area contributed by atoms with Gasteiger partial charge in [0.2, 0.25) is 0 Å². The molecule has 0 spiro atoms. The van der Waals surface area contributed by atoms with Crippen LogP contribution < -0.4 is 0 Å². The van der Waals surface area contributed by atoms with Crippen LogP contribution in [0, 0.1) is 18.3 Å². The van der Waals surface area contributed by atoms with E-state index >= 15 is 0 Å². The molecule has 0 aromatic carbocycles. The minimum absolute atomic E-state index is 0.334. The molecule has 2 unspecified atom stereocenters. The third-order valence-corrected chi connectivity index (χ3v) is 2.76. The minimum Gasteiger partial charge on any atom is -0.340 e. The van der Waals surface area contributed by atoms with Crippen molar-refractivity contribution in [2.24, 2.45) is 5.92 Å². The molecule has 0 bridgehead atoms. The van der Waals surface area contributed by atoms with Gasteiger partial charge in [0.1, 0.15) is 0 Å². The van der Waals surface area contributed by atoms with Crippen molar-refractivity contribution in [2.45, 2.75) is 39.5 Å². The molecule has 0 amide bonds. The van der Waals surface area contributed by atoms with Gasteiger partial charge in [-0.3, -0.25) is 0 Å². The Bertz CT molecular complexity index is 324. The van der Waals surface area contributed by atoms with Gasteiger partial charge in [0.25, 0.3) is 0 Å². The Morgan fingerprint density at radius 1 is 1.43 bits per heavy atom. The lowest BCUT2D eigenvalue weighted by Gasteiger charge is -2.17. The average Bonchev–Trinajstić information content (AvgIpc) is 2.66. The Morgan fingerprint density at radius 2 is 2.14 bits per heavy atom. The molecule has 3 heteroatoms. The van der Waals surface area contributed by atoms with Crippen molar-refractivity contribution < 1.29 is 4.52 Å². The van der Waals surface area contributed by atoms with E-state index < -0.39 is 0 Å². The molecule has 0 radical (unpaired) electrons. The van der Waals surface area contributed by atoms with Crippen LogP contribution in [0.2, 0.25) is 0 Å². The lowest BCUT2D eigenvalue weighted by molar-refractivity contribution is 0.301. The highest BCUT2D eigenvalue weighted by Gasteiger charge is 2.23. The molecule has 0 aliphatic carbocycles. The Labute approximate surface area is 84.9 Å². The zero-order chi connectivity index (χ0) is 10.6. The van der Waals surface area contributed by atoms with Crippen LogP contribution in [0.15, 0.2) is 4.52 Å². The van der Waals surface area contributed by atoms with Gasteiger partial charge < -0.3 is 4.52 Å². The first-order valence-corrected chi connectivity index (χ1v) is 5.03. The molecular formula is C11H16N2O. The maximum atomic E-state index is 5.32. The van der Waals surface area contributed by atoms with Crippen molar-refractivity contribution in [3.05, 3.63) is 11.5 Å². The summed E-state index contributed by atoms with van der Waals surface area (Å²) in [6.07, 6.45) is 7.42. The zero-order valence-electron chi connectivity index (χ0n) is 8.95. The van der Waals surface area contributed by atoms with Crippen molar-refractivity contribution in [3.63, 3.8) is 0 Å². The van der Waals surface area contributed by atoms with Gasteiger partial charge in [-0.1, -0.05) is 27.2 Å². The summed E-state index contributed by atoms with van der Waals surface area (Å²) in [4.78, 5) is 0. The molecule has 0 saturated carbocycles. The Balaban J connectivity index is 2.95. The second-order valence-electron chi connectivity index (χ2n) is 3.53. The van der Waals surface area contributed by atoms with Gasteiger partial charge in [0.05, 0.1) is 0 Å². The molecule has 0 N–H and O–H groups in total. The van der Waals surface area contributed by atoms with E-state index in [-0.39, 0.29) is 0 Å². The summed E-state index contributed by atoms with van der Waals surface area (Å²) in [5, 5.41) is 7.28. The monoisotopic (exact) mass is 192 g/mol. The SMILES string of the molecule is C#Cc1nnoc1C(CC)C(C)CC. The number of aromatic nitrogens is 2. The maximum Gasteiger partial charge on any atom is 0.180 e. The summed E-state index contributed by atoms with van der Waals surface area (Å²) in [6.45, 7) is 6.48. The smallest absolute Gasteiger partial charge is 0.180 e. The highest BCUT2D eigenvalue weighted by molar-refractivity contribution is 5.28. The minimum atomic E-state index is 0.334. The Morgan fingerprint density at radius 3 is 2.64 bits per heavy atom. The van der Waals surface area contributed by atoms with Crippen LogP contribution in [0.5, 0.6) is 0 Å². The van der Waals surface area contributed by atoms with Gasteiger partial charge in [0, 0.05) is 11.2 Å². The zero-order valence-corrected chi connectivity index (χ0v) is 8.95. The molecule has 14 heavy (non-hydrogen) atoms. The highest BCUT2D eigenvalue weighted by atomic mass is 16.5. The van der Waals surface area contributed by atoms with Crippen molar-refractivity contribution in [3.8, 4) is 12.3 Å². The number of hydrogen-bond donors (Lipinski definition) is 0. The van der Waals surface area contributed by atoms with E-state index in [1.807, 2.05) is 0 Å². The predicted octanol–water partition coefficient (Wildman–Crippen LogP) is 2.59. The lowest BCUT2D eigenvalue weighted by atomic mass is 9.87. The fraction of sp³-hybridized carbons (Fsp3) is 0.636. The molecule has 2 atom stereocenters. The van der Waals surface area contributed by atoms with E-state index in [9.17, 15) is 0 Å². The molecule has 0 saturated heterocycles. The van der Waals surface area contributed by atoms with Gasteiger partial charge in [-0.15, -0.1) is 11.5 Å². The molecule has 3 nitrogen and oxygen atoms in total. The lowest BCUT2D eigenvalue weighted by Crippen LogP contribution is -2.08. The van der Waals surface area contributed by atoms with Crippen molar-refractivity contribution in [2.75, 3.05) is 0 Å². The average molecular weight is 192 g/mol. The van der Waals surface area contributed by atoms with E-state index in [4.69, 9.17) is 10.9 Å². The van der Waals surface area contributed by atoms with Crippen LogP contribution in [0.25, 0.3) is 0 Å². The van der Waals surface area contributed by atoms with Crippen molar-refractivity contribution in [1.29, 1.82) is 0 Å². The largest absolute Gasteiger partial charge is 0.340 e.